The van der Waals surface area contributed by atoms with Crippen molar-refractivity contribution in [1.29, 1.82) is 0 Å². The number of imidazole rings is 1. The number of fused-ring (bicyclic) bond motifs is 1. The molecule has 0 unspecified atom stereocenters. The maximum Gasteiger partial charge on any atom is 0.258 e. The Morgan fingerprint density at radius 1 is 1.03 bits per heavy atom. The summed E-state index contributed by atoms with van der Waals surface area (Å²) in [7, 11) is 0. The fourth-order valence-corrected chi connectivity index (χ4v) is 3.29. The lowest BCUT2D eigenvalue weighted by Gasteiger charge is -2.17. The number of ether oxygens (including phenoxy) is 1. The molecule has 0 bridgehead atoms. The predicted octanol–water partition coefficient (Wildman–Crippen LogP) is 4.35. The summed E-state index contributed by atoms with van der Waals surface area (Å²) in [6.07, 6.45) is 0.636. The first-order valence-corrected chi connectivity index (χ1v) is 9.65. The van der Waals surface area contributed by atoms with Crippen LogP contribution in [0, 0.1) is 6.92 Å². The number of hydrogen-bond donors (Lipinski definition) is 2. The average Bonchev–Trinajstić information content (AvgIpc) is 3.17. The summed E-state index contributed by atoms with van der Waals surface area (Å²) in [6.45, 7) is 1.94. The van der Waals surface area contributed by atoms with Gasteiger partial charge in [0.2, 0.25) is 0 Å². The van der Waals surface area contributed by atoms with Crippen LogP contribution in [0.2, 0.25) is 0 Å². The summed E-state index contributed by atoms with van der Waals surface area (Å²) in [5.74, 6) is 1.23. The van der Waals surface area contributed by atoms with Crippen LogP contribution in [0.5, 0.6) is 5.75 Å². The van der Waals surface area contributed by atoms with Crippen molar-refractivity contribution in [1.82, 2.24) is 15.3 Å². The zero-order valence-corrected chi connectivity index (χ0v) is 16.3. The quantitative estimate of drug-likeness (QED) is 0.497. The summed E-state index contributed by atoms with van der Waals surface area (Å²) in [4.78, 5) is 20.6. The van der Waals surface area contributed by atoms with E-state index in [9.17, 15) is 4.79 Å². The summed E-state index contributed by atoms with van der Waals surface area (Å²) in [5.41, 5.74) is 4.04. The third kappa shape index (κ3) is 4.82. The van der Waals surface area contributed by atoms with Gasteiger partial charge in [0.05, 0.1) is 17.1 Å². The minimum absolute atomic E-state index is 0.0467. The molecule has 5 heteroatoms. The number of hydrogen-bond acceptors (Lipinski definition) is 3. The fourth-order valence-electron chi connectivity index (χ4n) is 3.29. The normalized spacial score (nSPS) is 11.9. The van der Waals surface area contributed by atoms with Gasteiger partial charge in [-0.3, -0.25) is 4.79 Å². The first-order chi connectivity index (χ1) is 14.2. The molecule has 4 aromatic rings. The molecule has 0 aliphatic heterocycles. The van der Waals surface area contributed by atoms with Crippen molar-refractivity contribution in [3.05, 3.63) is 95.8 Å². The molecular formula is C24H23N3O2. The van der Waals surface area contributed by atoms with Crippen LogP contribution in [0.4, 0.5) is 0 Å². The zero-order valence-electron chi connectivity index (χ0n) is 16.3. The smallest absolute Gasteiger partial charge is 0.258 e. The second-order valence-corrected chi connectivity index (χ2v) is 7.05. The van der Waals surface area contributed by atoms with Gasteiger partial charge >= 0.3 is 0 Å². The Morgan fingerprint density at radius 3 is 2.62 bits per heavy atom. The molecule has 0 radical (unpaired) electrons. The molecule has 0 aliphatic carbocycles. The third-order valence-corrected chi connectivity index (χ3v) is 4.72. The molecule has 1 heterocycles. The Bertz CT molecular complexity index is 1070. The van der Waals surface area contributed by atoms with Gasteiger partial charge in [0.15, 0.2) is 6.61 Å². The molecule has 1 atom stereocenters. The Labute approximate surface area is 169 Å². The fraction of sp³-hybridized carbons (Fsp3) is 0.167. The van der Waals surface area contributed by atoms with Crippen molar-refractivity contribution in [3.63, 3.8) is 0 Å². The predicted molar refractivity (Wildman–Crippen MR) is 114 cm³/mol. The summed E-state index contributed by atoms with van der Waals surface area (Å²) in [5, 5.41) is 3.07. The van der Waals surface area contributed by atoms with Crippen LogP contribution in [0.3, 0.4) is 0 Å². The first-order valence-electron chi connectivity index (χ1n) is 9.65. The van der Waals surface area contributed by atoms with Gasteiger partial charge in [-0.2, -0.15) is 0 Å². The number of aromatic amines is 1. The second kappa shape index (κ2) is 8.61. The highest BCUT2D eigenvalue weighted by molar-refractivity contribution is 5.78. The highest BCUT2D eigenvalue weighted by Crippen LogP contribution is 2.20. The largest absolute Gasteiger partial charge is 0.484 e. The summed E-state index contributed by atoms with van der Waals surface area (Å²) in [6, 6.07) is 25.3. The lowest BCUT2D eigenvalue weighted by atomic mass is 10.1. The first kappa shape index (κ1) is 18.7. The maximum atomic E-state index is 12.6. The van der Waals surface area contributed by atoms with Crippen molar-refractivity contribution in [2.24, 2.45) is 0 Å². The molecular weight excluding hydrogens is 362 g/mol. The Balaban J connectivity index is 1.50. The number of aromatic nitrogens is 2. The van der Waals surface area contributed by atoms with E-state index in [1.54, 1.807) is 0 Å². The number of amides is 1. The minimum Gasteiger partial charge on any atom is -0.484 e. The van der Waals surface area contributed by atoms with Crippen LogP contribution >= 0.6 is 0 Å². The average molecular weight is 385 g/mol. The van der Waals surface area contributed by atoms with E-state index in [0.717, 1.165) is 28.0 Å². The van der Waals surface area contributed by atoms with Crippen LogP contribution in [-0.2, 0) is 11.2 Å². The SMILES string of the molecule is Cc1cccc(OCC(=O)N[C@@H](Cc2ccccc2)c2nc3ccccc3[nH]2)c1. The van der Waals surface area contributed by atoms with Crippen molar-refractivity contribution in [3.8, 4) is 5.75 Å². The minimum atomic E-state index is -0.279. The van der Waals surface area contributed by atoms with Crippen LogP contribution in [0.1, 0.15) is 23.0 Å². The van der Waals surface area contributed by atoms with Crippen LogP contribution in [0.25, 0.3) is 11.0 Å². The second-order valence-electron chi connectivity index (χ2n) is 7.05. The topological polar surface area (TPSA) is 67.0 Å². The summed E-state index contributed by atoms with van der Waals surface area (Å²) >= 11 is 0. The van der Waals surface area contributed by atoms with Gasteiger partial charge in [0.25, 0.3) is 5.91 Å². The van der Waals surface area contributed by atoms with Crippen molar-refractivity contribution >= 4 is 16.9 Å². The molecule has 0 saturated carbocycles. The van der Waals surface area contributed by atoms with Crippen LogP contribution in [-0.4, -0.2) is 22.5 Å². The van der Waals surface area contributed by atoms with E-state index in [1.807, 2.05) is 85.8 Å². The number of nitrogens with one attached hydrogen (secondary N) is 2. The van der Waals surface area contributed by atoms with E-state index < -0.39 is 0 Å². The molecule has 5 nitrogen and oxygen atoms in total. The van der Waals surface area contributed by atoms with E-state index in [4.69, 9.17) is 4.74 Å². The number of para-hydroxylation sites is 2. The number of carbonyl (C=O) groups is 1. The Hall–Kier alpha value is -3.60. The van der Waals surface area contributed by atoms with Crippen LogP contribution in [0.15, 0.2) is 78.9 Å². The molecule has 0 fully saturated rings. The van der Waals surface area contributed by atoms with Gasteiger partial charge in [-0.05, 0) is 48.7 Å². The Kier molecular flexibility index (Phi) is 5.56. The van der Waals surface area contributed by atoms with Crippen molar-refractivity contribution < 1.29 is 9.53 Å². The highest BCUT2D eigenvalue weighted by atomic mass is 16.5. The van der Waals surface area contributed by atoms with Crippen molar-refractivity contribution in [2.75, 3.05) is 6.61 Å². The number of aryl methyl sites for hydroxylation is 1. The van der Waals surface area contributed by atoms with Gasteiger partial charge in [0, 0.05) is 0 Å². The number of benzene rings is 3. The Morgan fingerprint density at radius 2 is 1.83 bits per heavy atom. The van der Waals surface area contributed by atoms with E-state index in [1.165, 1.54) is 0 Å². The zero-order chi connectivity index (χ0) is 20.1. The lowest BCUT2D eigenvalue weighted by molar-refractivity contribution is -0.123. The molecule has 146 valence electrons. The van der Waals surface area contributed by atoms with E-state index in [0.29, 0.717) is 12.2 Å². The molecule has 2 N–H and O–H groups in total. The number of rotatable bonds is 7. The van der Waals surface area contributed by atoms with Gasteiger partial charge in [-0.1, -0.05) is 54.6 Å². The van der Waals surface area contributed by atoms with Gasteiger partial charge in [-0.15, -0.1) is 0 Å². The molecule has 4 rings (SSSR count). The van der Waals surface area contributed by atoms with E-state index >= 15 is 0 Å². The molecule has 1 amide bonds. The third-order valence-electron chi connectivity index (χ3n) is 4.72. The molecule has 0 spiro atoms. The number of H-pyrrole nitrogens is 1. The van der Waals surface area contributed by atoms with E-state index in [-0.39, 0.29) is 18.6 Å². The molecule has 29 heavy (non-hydrogen) atoms. The van der Waals surface area contributed by atoms with Gasteiger partial charge in [0.1, 0.15) is 11.6 Å². The van der Waals surface area contributed by atoms with Gasteiger partial charge in [-0.25, -0.2) is 4.98 Å². The van der Waals surface area contributed by atoms with Crippen molar-refractivity contribution in [2.45, 2.75) is 19.4 Å². The molecule has 0 saturated heterocycles. The number of carbonyl (C=O) groups excluding carboxylic acids is 1. The van der Waals surface area contributed by atoms with Crippen LogP contribution < -0.4 is 10.1 Å². The monoisotopic (exact) mass is 385 g/mol. The highest BCUT2D eigenvalue weighted by Gasteiger charge is 2.19. The molecule has 0 aliphatic rings. The summed E-state index contributed by atoms with van der Waals surface area (Å²) < 4.78 is 5.65. The van der Waals surface area contributed by atoms with Gasteiger partial charge < -0.3 is 15.0 Å². The number of nitrogens with zero attached hydrogens (tertiary/aromatic N) is 1. The lowest BCUT2D eigenvalue weighted by Crippen LogP contribution is -2.34. The molecule has 3 aromatic carbocycles. The maximum absolute atomic E-state index is 12.6. The molecule has 1 aromatic heterocycles. The standard InChI is InChI=1S/C24H23N3O2/c1-17-8-7-11-19(14-17)29-16-23(28)25-22(15-18-9-3-2-4-10-18)24-26-20-12-5-6-13-21(20)27-24/h2-14,22H,15-16H2,1H3,(H,25,28)(H,26,27)/t22-/m0/s1. The van der Waals surface area contributed by atoms with E-state index in [2.05, 4.69) is 15.3 Å².